The van der Waals surface area contributed by atoms with Crippen molar-refractivity contribution in [2.75, 3.05) is 34.3 Å². The number of halogens is 1. The molecule has 1 aliphatic rings. The van der Waals surface area contributed by atoms with Gasteiger partial charge in [-0.2, -0.15) is 0 Å². The number of carbonyl (C=O) groups is 2. The molecule has 1 aromatic carbocycles. The number of ether oxygens (including phenoxy) is 1. The van der Waals surface area contributed by atoms with Crippen LogP contribution in [0.3, 0.4) is 0 Å². The molecule has 1 aromatic heterocycles. The third-order valence-corrected chi connectivity index (χ3v) is 5.82. The third-order valence-electron chi connectivity index (χ3n) is 4.57. The van der Waals surface area contributed by atoms with Gasteiger partial charge in [0.1, 0.15) is 11.5 Å². The van der Waals surface area contributed by atoms with Crippen LogP contribution in [0.1, 0.15) is 16.5 Å². The van der Waals surface area contributed by atoms with Crippen molar-refractivity contribution in [2.24, 2.45) is 0 Å². The summed E-state index contributed by atoms with van der Waals surface area (Å²) in [4.78, 5) is 29.8. The lowest BCUT2D eigenvalue weighted by Crippen LogP contribution is -2.35. The van der Waals surface area contributed by atoms with E-state index in [1.807, 2.05) is 36.5 Å². The second-order valence-corrected chi connectivity index (χ2v) is 8.04. The SMILES string of the molecule is COc1ccc(Cl)c(/C(O)=C2/C(=O)C(=O)N(CCN(C)C)C2c2cccs2)c1. The number of likely N-dealkylation sites (tertiary alicyclic amines) is 1. The fourth-order valence-corrected chi connectivity index (χ4v) is 4.17. The molecule has 1 unspecified atom stereocenters. The van der Waals surface area contributed by atoms with Crippen molar-refractivity contribution in [3.8, 4) is 5.75 Å². The van der Waals surface area contributed by atoms with Gasteiger partial charge in [-0.05, 0) is 43.7 Å². The second-order valence-electron chi connectivity index (χ2n) is 6.66. The molecule has 1 amide bonds. The van der Waals surface area contributed by atoms with Gasteiger partial charge in [0.05, 0.1) is 23.7 Å². The molecule has 1 fully saturated rings. The molecule has 1 N–H and O–H groups in total. The van der Waals surface area contributed by atoms with Gasteiger partial charge < -0.3 is 19.6 Å². The van der Waals surface area contributed by atoms with E-state index in [1.54, 1.807) is 18.2 Å². The molecule has 28 heavy (non-hydrogen) atoms. The average molecular weight is 421 g/mol. The lowest BCUT2D eigenvalue weighted by molar-refractivity contribution is -0.140. The number of aliphatic hydroxyl groups excluding tert-OH is 1. The fourth-order valence-electron chi connectivity index (χ4n) is 3.12. The van der Waals surface area contributed by atoms with Crippen molar-refractivity contribution in [3.63, 3.8) is 0 Å². The highest BCUT2D eigenvalue weighted by Gasteiger charge is 2.46. The molecule has 1 saturated heterocycles. The summed E-state index contributed by atoms with van der Waals surface area (Å²) in [5, 5.41) is 13.1. The van der Waals surface area contributed by atoms with E-state index in [2.05, 4.69) is 0 Å². The Bertz CT molecular complexity index is 924. The minimum absolute atomic E-state index is 0.0429. The van der Waals surface area contributed by atoms with Gasteiger partial charge in [0.15, 0.2) is 0 Å². The molecule has 2 heterocycles. The number of likely N-dealkylation sites (N-methyl/N-ethyl adjacent to an activating group) is 1. The Morgan fingerprint density at radius 2 is 2.07 bits per heavy atom. The molecule has 0 bridgehead atoms. The van der Waals surface area contributed by atoms with Gasteiger partial charge in [-0.25, -0.2) is 0 Å². The number of methoxy groups -OCH3 is 1. The molecule has 1 aliphatic heterocycles. The molecule has 8 heteroatoms. The minimum Gasteiger partial charge on any atom is -0.507 e. The molecule has 0 radical (unpaired) electrons. The maximum atomic E-state index is 12.9. The first-order valence-corrected chi connectivity index (χ1v) is 9.91. The molecule has 6 nitrogen and oxygen atoms in total. The fraction of sp³-hybridized carbons (Fsp3) is 0.300. The lowest BCUT2D eigenvalue weighted by Gasteiger charge is -2.25. The molecule has 1 atom stereocenters. The number of nitrogens with zero attached hydrogens (tertiary/aromatic N) is 2. The van der Waals surface area contributed by atoms with Gasteiger partial charge in [-0.1, -0.05) is 17.7 Å². The first-order valence-electron chi connectivity index (χ1n) is 8.65. The van der Waals surface area contributed by atoms with Crippen LogP contribution in [0.4, 0.5) is 0 Å². The highest BCUT2D eigenvalue weighted by molar-refractivity contribution is 7.10. The van der Waals surface area contributed by atoms with E-state index in [9.17, 15) is 14.7 Å². The van der Waals surface area contributed by atoms with Crippen LogP contribution >= 0.6 is 22.9 Å². The minimum atomic E-state index is -0.714. The number of aliphatic hydroxyl groups is 1. The maximum Gasteiger partial charge on any atom is 0.295 e. The Kier molecular flexibility index (Phi) is 6.07. The van der Waals surface area contributed by atoms with Crippen LogP contribution in [0, 0.1) is 0 Å². The molecular formula is C20H21ClN2O4S. The van der Waals surface area contributed by atoms with Crippen LogP contribution in [-0.4, -0.2) is 60.9 Å². The molecular weight excluding hydrogens is 400 g/mol. The van der Waals surface area contributed by atoms with Crippen LogP contribution in [0.15, 0.2) is 41.3 Å². The van der Waals surface area contributed by atoms with E-state index in [-0.39, 0.29) is 21.9 Å². The Hall–Kier alpha value is -2.35. The van der Waals surface area contributed by atoms with Crippen molar-refractivity contribution in [3.05, 3.63) is 56.7 Å². The summed E-state index contributed by atoms with van der Waals surface area (Å²) in [7, 11) is 5.29. The van der Waals surface area contributed by atoms with Crippen LogP contribution in [-0.2, 0) is 9.59 Å². The summed E-state index contributed by atoms with van der Waals surface area (Å²) in [5.41, 5.74) is 0.301. The van der Waals surface area contributed by atoms with Gasteiger partial charge in [0.25, 0.3) is 11.7 Å². The second kappa shape index (κ2) is 8.34. The average Bonchev–Trinajstić information content (AvgIpc) is 3.27. The summed E-state index contributed by atoms with van der Waals surface area (Å²) in [6.07, 6.45) is 0. The predicted molar refractivity (Wildman–Crippen MR) is 110 cm³/mol. The zero-order valence-corrected chi connectivity index (χ0v) is 17.4. The number of ketones is 1. The zero-order chi connectivity index (χ0) is 20.4. The van der Waals surface area contributed by atoms with E-state index in [0.29, 0.717) is 18.8 Å². The van der Waals surface area contributed by atoms with Gasteiger partial charge in [0.2, 0.25) is 0 Å². The zero-order valence-electron chi connectivity index (χ0n) is 15.8. The third kappa shape index (κ3) is 3.78. The van der Waals surface area contributed by atoms with E-state index in [0.717, 1.165) is 4.88 Å². The van der Waals surface area contributed by atoms with Crippen LogP contribution in [0.2, 0.25) is 5.02 Å². The topological polar surface area (TPSA) is 70.1 Å². The Morgan fingerprint density at radius 1 is 1.32 bits per heavy atom. The summed E-state index contributed by atoms with van der Waals surface area (Å²) in [6, 6.07) is 7.84. The number of benzene rings is 1. The first-order chi connectivity index (χ1) is 13.3. The normalized spacial score (nSPS) is 18.9. The van der Waals surface area contributed by atoms with Gasteiger partial charge >= 0.3 is 0 Å². The van der Waals surface area contributed by atoms with Gasteiger partial charge in [-0.3, -0.25) is 9.59 Å². The van der Waals surface area contributed by atoms with Crippen molar-refractivity contribution < 1.29 is 19.4 Å². The molecule has 0 saturated carbocycles. The van der Waals surface area contributed by atoms with Crippen molar-refractivity contribution >= 4 is 40.4 Å². The Balaban J connectivity index is 2.15. The number of carbonyl (C=O) groups excluding carboxylic acids is 2. The number of hydrogen-bond donors (Lipinski definition) is 1. The van der Waals surface area contributed by atoms with E-state index in [1.165, 1.54) is 23.3 Å². The van der Waals surface area contributed by atoms with Crippen molar-refractivity contribution in [2.45, 2.75) is 6.04 Å². The van der Waals surface area contributed by atoms with Crippen molar-refractivity contribution in [1.29, 1.82) is 0 Å². The predicted octanol–water partition coefficient (Wildman–Crippen LogP) is 3.39. The standard InChI is InChI=1S/C20H21ClN2O4S/c1-22(2)8-9-23-17(15-5-4-10-28-15)16(19(25)20(23)26)18(24)13-11-12(27-3)6-7-14(13)21/h4-7,10-11,17,24H,8-9H2,1-3H3/b18-16-. The largest absolute Gasteiger partial charge is 0.507 e. The van der Waals surface area contributed by atoms with Gasteiger partial charge in [0, 0.05) is 23.5 Å². The van der Waals surface area contributed by atoms with Crippen LogP contribution < -0.4 is 4.74 Å². The highest BCUT2D eigenvalue weighted by Crippen LogP contribution is 2.42. The van der Waals surface area contributed by atoms with Gasteiger partial charge in [-0.15, -0.1) is 11.3 Å². The van der Waals surface area contributed by atoms with E-state index >= 15 is 0 Å². The summed E-state index contributed by atoms with van der Waals surface area (Å²) in [6.45, 7) is 0.956. The number of thiophene rings is 1. The summed E-state index contributed by atoms with van der Waals surface area (Å²) in [5.74, 6) is -1.15. The number of amides is 1. The summed E-state index contributed by atoms with van der Waals surface area (Å²) < 4.78 is 5.20. The Morgan fingerprint density at radius 3 is 2.68 bits per heavy atom. The number of rotatable bonds is 6. The van der Waals surface area contributed by atoms with Crippen LogP contribution in [0.5, 0.6) is 5.75 Å². The molecule has 3 rings (SSSR count). The highest BCUT2D eigenvalue weighted by atomic mass is 35.5. The number of Topliss-reactive ketones (excluding diaryl/α,β-unsaturated/α-hetero) is 1. The molecule has 2 aromatic rings. The lowest BCUT2D eigenvalue weighted by atomic mass is 9.99. The quantitative estimate of drug-likeness (QED) is 0.440. The van der Waals surface area contributed by atoms with Crippen LogP contribution in [0.25, 0.3) is 5.76 Å². The summed E-state index contributed by atoms with van der Waals surface area (Å²) >= 11 is 7.69. The number of hydrogen-bond acceptors (Lipinski definition) is 6. The Labute approximate surface area is 172 Å². The first kappa shape index (κ1) is 20.4. The van der Waals surface area contributed by atoms with Crippen molar-refractivity contribution in [1.82, 2.24) is 9.80 Å². The molecule has 0 aliphatic carbocycles. The van der Waals surface area contributed by atoms with E-state index < -0.39 is 17.7 Å². The molecule has 0 spiro atoms. The van der Waals surface area contributed by atoms with E-state index in [4.69, 9.17) is 16.3 Å². The monoisotopic (exact) mass is 420 g/mol. The maximum absolute atomic E-state index is 12.9. The molecule has 148 valence electrons. The smallest absolute Gasteiger partial charge is 0.295 e.